The third-order valence-electron chi connectivity index (χ3n) is 5.65. The van der Waals surface area contributed by atoms with Gasteiger partial charge in [0, 0.05) is 36.1 Å². The molecule has 156 valence electrons. The number of piperidine rings is 1. The molecule has 2 heterocycles. The van der Waals surface area contributed by atoms with E-state index in [2.05, 4.69) is 71.7 Å². The van der Waals surface area contributed by atoms with Gasteiger partial charge in [0.2, 0.25) is 5.91 Å². The molecule has 0 atom stereocenters. The Labute approximate surface area is 183 Å². The quantitative estimate of drug-likeness (QED) is 0.627. The van der Waals surface area contributed by atoms with E-state index in [-0.39, 0.29) is 11.9 Å². The molecule has 0 aliphatic carbocycles. The largest absolute Gasteiger partial charge is 0.353 e. The number of aromatic nitrogens is 1. The summed E-state index contributed by atoms with van der Waals surface area (Å²) in [5, 5.41) is 4.26. The zero-order valence-electron chi connectivity index (χ0n) is 17.7. The molecule has 0 bridgehead atoms. The fourth-order valence-corrected chi connectivity index (χ4v) is 4.98. The van der Waals surface area contributed by atoms with E-state index in [1.54, 1.807) is 11.3 Å². The minimum absolute atomic E-state index is 0.105. The van der Waals surface area contributed by atoms with Crippen LogP contribution in [0.3, 0.4) is 0 Å². The second kappa shape index (κ2) is 9.54. The van der Waals surface area contributed by atoms with E-state index in [0.717, 1.165) is 53.6 Å². The predicted octanol–water partition coefficient (Wildman–Crippen LogP) is 4.75. The van der Waals surface area contributed by atoms with Crippen LogP contribution in [0.25, 0.3) is 11.3 Å². The van der Waals surface area contributed by atoms with Crippen LogP contribution in [0, 0.1) is 13.8 Å². The number of carbonyl (C=O) groups excluding carboxylic acids is 1. The highest BCUT2D eigenvalue weighted by Gasteiger charge is 2.22. The summed E-state index contributed by atoms with van der Waals surface area (Å²) in [5.41, 5.74) is 4.61. The maximum Gasteiger partial charge on any atom is 0.225 e. The lowest BCUT2D eigenvalue weighted by atomic mass is 10.0. The number of thiazole rings is 1. The molecule has 1 aliphatic rings. The molecule has 2 aromatic carbocycles. The van der Waals surface area contributed by atoms with Gasteiger partial charge in [0.1, 0.15) is 0 Å². The fraction of sp³-hybridized carbons (Fsp3) is 0.360. The van der Waals surface area contributed by atoms with E-state index in [9.17, 15) is 4.79 Å². The summed E-state index contributed by atoms with van der Waals surface area (Å²) >= 11 is 1.63. The van der Waals surface area contributed by atoms with Crippen LogP contribution in [0.1, 0.15) is 33.9 Å². The lowest BCUT2D eigenvalue weighted by Gasteiger charge is -2.32. The van der Waals surface area contributed by atoms with Crippen LogP contribution in [0.15, 0.2) is 54.6 Å². The monoisotopic (exact) mass is 419 g/mol. The Balaban J connectivity index is 1.31. The lowest BCUT2D eigenvalue weighted by molar-refractivity contribution is -0.121. The molecule has 1 saturated heterocycles. The molecule has 0 spiro atoms. The van der Waals surface area contributed by atoms with Gasteiger partial charge in [-0.3, -0.25) is 9.69 Å². The summed E-state index contributed by atoms with van der Waals surface area (Å²) in [6.07, 6.45) is 2.41. The maximum atomic E-state index is 12.8. The lowest BCUT2D eigenvalue weighted by Crippen LogP contribution is -2.44. The number of hydrogen-bond donors (Lipinski definition) is 1. The van der Waals surface area contributed by atoms with Gasteiger partial charge in [0.05, 0.1) is 17.1 Å². The Morgan fingerprint density at radius 1 is 1.07 bits per heavy atom. The molecule has 0 radical (unpaired) electrons. The highest BCUT2D eigenvalue weighted by atomic mass is 32.1. The number of rotatable bonds is 6. The van der Waals surface area contributed by atoms with Gasteiger partial charge in [-0.15, -0.1) is 11.3 Å². The number of hydrogen-bond acceptors (Lipinski definition) is 4. The average molecular weight is 420 g/mol. The number of amides is 1. The van der Waals surface area contributed by atoms with Gasteiger partial charge in [-0.2, -0.15) is 0 Å². The molecule has 1 aromatic heterocycles. The smallest absolute Gasteiger partial charge is 0.225 e. The number of nitrogens with one attached hydrogen (secondary N) is 1. The van der Waals surface area contributed by atoms with E-state index in [1.807, 2.05) is 6.92 Å². The first kappa shape index (κ1) is 20.8. The van der Waals surface area contributed by atoms with E-state index < -0.39 is 0 Å². The highest BCUT2D eigenvalue weighted by molar-refractivity contribution is 7.12. The van der Waals surface area contributed by atoms with Crippen LogP contribution in [-0.4, -0.2) is 34.9 Å². The molecule has 0 saturated carbocycles. The Morgan fingerprint density at radius 3 is 2.47 bits per heavy atom. The second-order valence-electron chi connectivity index (χ2n) is 8.15. The first-order chi connectivity index (χ1) is 14.6. The van der Waals surface area contributed by atoms with E-state index in [1.165, 1.54) is 11.1 Å². The van der Waals surface area contributed by atoms with Crippen molar-refractivity contribution >= 4 is 17.2 Å². The first-order valence-corrected chi connectivity index (χ1v) is 11.5. The third kappa shape index (κ3) is 5.35. The van der Waals surface area contributed by atoms with Crippen LogP contribution in [0.2, 0.25) is 0 Å². The third-order valence-corrected chi connectivity index (χ3v) is 6.62. The topological polar surface area (TPSA) is 45.2 Å². The van der Waals surface area contributed by atoms with Crippen LogP contribution < -0.4 is 5.32 Å². The number of carbonyl (C=O) groups is 1. The van der Waals surface area contributed by atoms with Crippen molar-refractivity contribution in [2.75, 3.05) is 13.1 Å². The van der Waals surface area contributed by atoms with Crippen molar-refractivity contribution in [3.8, 4) is 11.3 Å². The zero-order chi connectivity index (χ0) is 20.9. The molecule has 1 fully saturated rings. The second-order valence-corrected chi connectivity index (χ2v) is 9.44. The molecule has 4 nitrogen and oxygen atoms in total. The number of benzene rings is 2. The number of likely N-dealkylation sites (tertiary alicyclic amines) is 1. The number of aryl methyl sites for hydroxylation is 2. The van der Waals surface area contributed by atoms with Gasteiger partial charge in [0.15, 0.2) is 0 Å². The van der Waals surface area contributed by atoms with Crippen LogP contribution in [0.5, 0.6) is 0 Å². The molecular weight excluding hydrogens is 390 g/mol. The molecule has 0 unspecified atom stereocenters. The zero-order valence-corrected chi connectivity index (χ0v) is 18.5. The van der Waals surface area contributed by atoms with Gasteiger partial charge in [-0.1, -0.05) is 60.2 Å². The summed E-state index contributed by atoms with van der Waals surface area (Å²) in [5.74, 6) is 0.105. The van der Waals surface area contributed by atoms with Crippen molar-refractivity contribution in [2.24, 2.45) is 0 Å². The summed E-state index contributed by atoms with van der Waals surface area (Å²) in [4.78, 5) is 21.0. The molecule has 1 aliphatic heterocycles. The van der Waals surface area contributed by atoms with Crippen molar-refractivity contribution < 1.29 is 4.79 Å². The summed E-state index contributed by atoms with van der Waals surface area (Å²) in [6, 6.07) is 19.2. The molecule has 1 amide bonds. The minimum Gasteiger partial charge on any atom is -0.353 e. The van der Waals surface area contributed by atoms with E-state index >= 15 is 0 Å². The Bertz CT molecular complexity index is 973. The Hall–Kier alpha value is -2.50. The molecular formula is C25H29N3OS. The molecule has 4 rings (SSSR count). The van der Waals surface area contributed by atoms with Crippen molar-refractivity contribution in [3.05, 3.63) is 75.6 Å². The van der Waals surface area contributed by atoms with E-state index in [0.29, 0.717) is 6.42 Å². The standard InChI is InChI=1S/C25H29N3OS/c1-18-8-10-21(11-9-18)25-23(30-19(2)26-25)16-24(29)27-22-12-14-28(15-13-22)17-20-6-4-3-5-7-20/h3-11,22H,12-17H2,1-2H3,(H,27,29). The van der Waals surface area contributed by atoms with Crippen LogP contribution in [-0.2, 0) is 17.8 Å². The summed E-state index contributed by atoms with van der Waals surface area (Å²) < 4.78 is 0. The van der Waals surface area contributed by atoms with Crippen molar-refractivity contribution in [1.82, 2.24) is 15.2 Å². The van der Waals surface area contributed by atoms with Gasteiger partial charge < -0.3 is 5.32 Å². The first-order valence-electron chi connectivity index (χ1n) is 10.7. The summed E-state index contributed by atoms with van der Waals surface area (Å²) in [7, 11) is 0. The predicted molar refractivity (Wildman–Crippen MR) is 124 cm³/mol. The van der Waals surface area contributed by atoms with Crippen molar-refractivity contribution in [2.45, 2.75) is 45.7 Å². The normalized spacial score (nSPS) is 15.3. The SMILES string of the molecule is Cc1ccc(-c2nc(C)sc2CC(=O)NC2CCN(Cc3ccccc3)CC2)cc1. The maximum absolute atomic E-state index is 12.8. The fourth-order valence-electron chi connectivity index (χ4n) is 4.03. The van der Waals surface area contributed by atoms with Gasteiger partial charge in [0.25, 0.3) is 0 Å². The molecule has 1 N–H and O–H groups in total. The minimum atomic E-state index is 0.105. The highest BCUT2D eigenvalue weighted by Crippen LogP contribution is 2.29. The Kier molecular flexibility index (Phi) is 6.60. The number of nitrogens with zero attached hydrogens (tertiary/aromatic N) is 2. The van der Waals surface area contributed by atoms with Gasteiger partial charge >= 0.3 is 0 Å². The summed E-state index contributed by atoms with van der Waals surface area (Å²) in [6.45, 7) is 7.12. The van der Waals surface area contributed by atoms with Crippen molar-refractivity contribution in [3.63, 3.8) is 0 Å². The average Bonchev–Trinajstić information content (AvgIpc) is 3.10. The van der Waals surface area contributed by atoms with E-state index in [4.69, 9.17) is 4.98 Å². The van der Waals surface area contributed by atoms with Gasteiger partial charge in [-0.25, -0.2) is 4.98 Å². The Morgan fingerprint density at radius 2 is 1.77 bits per heavy atom. The van der Waals surface area contributed by atoms with Crippen LogP contribution >= 0.6 is 11.3 Å². The molecule has 3 aromatic rings. The van der Waals surface area contributed by atoms with Crippen molar-refractivity contribution in [1.29, 1.82) is 0 Å². The van der Waals surface area contributed by atoms with Gasteiger partial charge in [-0.05, 0) is 32.3 Å². The molecule has 30 heavy (non-hydrogen) atoms. The molecule has 5 heteroatoms. The van der Waals surface area contributed by atoms with Crippen LogP contribution in [0.4, 0.5) is 0 Å².